The number of fused-ring (bicyclic) bond motifs is 1. The van der Waals surface area contributed by atoms with Gasteiger partial charge in [0.1, 0.15) is 17.1 Å². The summed E-state index contributed by atoms with van der Waals surface area (Å²) in [5.74, 6) is -0.360. The van der Waals surface area contributed by atoms with Crippen LogP contribution in [0.2, 0.25) is 5.02 Å². The second-order valence-electron chi connectivity index (χ2n) is 8.12. The van der Waals surface area contributed by atoms with Crippen molar-refractivity contribution in [2.24, 2.45) is 0 Å². The quantitative estimate of drug-likeness (QED) is 0.571. The van der Waals surface area contributed by atoms with Gasteiger partial charge in [0.15, 0.2) is 5.43 Å². The van der Waals surface area contributed by atoms with Crippen LogP contribution in [0, 0.1) is 6.92 Å². The molecule has 1 fully saturated rings. The highest BCUT2D eigenvalue weighted by Gasteiger charge is 2.36. The fourth-order valence-electron chi connectivity index (χ4n) is 4.52. The maximum Gasteiger partial charge on any atom is 0.416 e. The van der Waals surface area contributed by atoms with Gasteiger partial charge in [0.05, 0.1) is 22.6 Å². The molecule has 2 unspecified atom stereocenters. The van der Waals surface area contributed by atoms with Crippen LogP contribution in [0.3, 0.4) is 0 Å². The lowest BCUT2D eigenvalue weighted by Crippen LogP contribution is -2.32. The molecule has 3 aromatic rings. The predicted molar refractivity (Wildman–Crippen MR) is 115 cm³/mol. The standard InChI is InChI=1S/C23H21ClF3NO4/c1-11-7-17(30)21(14-5-6-28(2)16(14)10-29)22-20(11)18(31)9-19(32-22)13-4-3-12(8-15(13)24)23(25,26)27/h3-4,7-9,14,16,29-30H,5-6,10H2,1-2H3. The van der Waals surface area contributed by atoms with E-state index in [0.717, 1.165) is 18.2 Å². The van der Waals surface area contributed by atoms with Gasteiger partial charge >= 0.3 is 6.18 Å². The molecule has 9 heteroatoms. The van der Waals surface area contributed by atoms with Gasteiger partial charge in [-0.2, -0.15) is 13.2 Å². The number of phenols is 1. The lowest BCUT2D eigenvalue weighted by Gasteiger charge is -2.24. The minimum absolute atomic E-state index is 0.000579. The first-order chi connectivity index (χ1) is 15.0. The van der Waals surface area contributed by atoms with Crippen molar-refractivity contribution in [3.05, 3.63) is 62.3 Å². The largest absolute Gasteiger partial charge is 0.508 e. The molecular weight excluding hydrogens is 447 g/mol. The normalized spacial score (nSPS) is 19.7. The Kier molecular flexibility index (Phi) is 5.73. The molecule has 2 heterocycles. The van der Waals surface area contributed by atoms with E-state index in [1.54, 1.807) is 6.92 Å². The van der Waals surface area contributed by atoms with Gasteiger partial charge in [-0.3, -0.25) is 4.79 Å². The molecule has 0 spiro atoms. The minimum Gasteiger partial charge on any atom is -0.508 e. The summed E-state index contributed by atoms with van der Waals surface area (Å²) in [6, 6.07) is 5.21. The van der Waals surface area contributed by atoms with Crippen molar-refractivity contribution in [2.45, 2.75) is 31.5 Å². The van der Waals surface area contributed by atoms with E-state index < -0.39 is 17.2 Å². The van der Waals surface area contributed by atoms with Crippen LogP contribution >= 0.6 is 11.6 Å². The average molecular weight is 468 g/mol. The van der Waals surface area contributed by atoms with Crippen molar-refractivity contribution in [1.82, 2.24) is 4.90 Å². The molecule has 2 N–H and O–H groups in total. The highest BCUT2D eigenvalue weighted by atomic mass is 35.5. The molecular formula is C23H21ClF3NO4. The first kappa shape index (κ1) is 22.6. The van der Waals surface area contributed by atoms with Gasteiger partial charge < -0.3 is 19.5 Å². The average Bonchev–Trinajstić information content (AvgIpc) is 3.06. The highest BCUT2D eigenvalue weighted by Crippen LogP contribution is 2.43. The number of halogens is 4. The van der Waals surface area contributed by atoms with Gasteiger partial charge in [-0.15, -0.1) is 0 Å². The number of hydrogen-bond donors (Lipinski definition) is 2. The number of aliphatic hydroxyl groups excluding tert-OH is 1. The molecule has 0 saturated carbocycles. The molecule has 1 aromatic heterocycles. The third kappa shape index (κ3) is 3.76. The second-order valence-corrected chi connectivity index (χ2v) is 8.53. The second kappa shape index (κ2) is 8.10. The molecule has 0 aliphatic carbocycles. The Morgan fingerprint density at radius 3 is 2.59 bits per heavy atom. The van der Waals surface area contributed by atoms with E-state index in [9.17, 15) is 28.2 Å². The Morgan fingerprint density at radius 2 is 1.97 bits per heavy atom. The number of aliphatic hydroxyl groups is 1. The number of likely N-dealkylation sites (tertiary alicyclic amines) is 1. The summed E-state index contributed by atoms with van der Waals surface area (Å²) in [4.78, 5) is 15.0. The van der Waals surface area contributed by atoms with Crippen LogP contribution in [0.4, 0.5) is 13.2 Å². The minimum atomic E-state index is -4.56. The van der Waals surface area contributed by atoms with Gasteiger partial charge in [-0.25, -0.2) is 0 Å². The molecule has 0 radical (unpaired) electrons. The van der Waals surface area contributed by atoms with Crippen LogP contribution in [0.25, 0.3) is 22.3 Å². The van der Waals surface area contributed by atoms with E-state index in [1.807, 2.05) is 11.9 Å². The van der Waals surface area contributed by atoms with E-state index >= 15 is 0 Å². The summed E-state index contributed by atoms with van der Waals surface area (Å²) >= 11 is 6.12. The molecule has 2 atom stereocenters. The van der Waals surface area contributed by atoms with Crippen molar-refractivity contribution in [3.63, 3.8) is 0 Å². The molecule has 2 aromatic carbocycles. The number of rotatable bonds is 3. The van der Waals surface area contributed by atoms with Crippen molar-refractivity contribution in [1.29, 1.82) is 0 Å². The van der Waals surface area contributed by atoms with Gasteiger partial charge in [0.25, 0.3) is 0 Å². The molecule has 32 heavy (non-hydrogen) atoms. The Labute approximate surface area is 186 Å². The van der Waals surface area contributed by atoms with Crippen LogP contribution < -0.4 is 5.43 Å². The number of aryl methyl sites for hydroxylation is 1. The molecule has 0 amide bonds. The summed E-state index contributed by atoms with van der Waals surface area (Å²) < 4.78 is 45.1. The number of aromatic hydroxyl groups is 1. The van der Waals surface area contributed by atoms with Crippen molar-refractivity contribution >= 4 is 22.6 Å². The number of alkyl halides is 3. The fraction of sp³-hybridized carbons (Fsp3) is 0.348. The first-order valence-electron chi connectivity index (χ1n) is 10.0. The van der Waals surface area contributed by atoms with E-state index in [1.165, 1.54) is 12.1 Å². The van der Waals surface area contributed by atoms with E-state index in [4.69, 9.17) is 16.0 Å². The first-order valence-corrected chi connectivity index (χ1v) is 10.4. The molecule has 0 bridgehead atoms. The Balaban J connectivity index is 1.96. The van der Waals surface area contributed by atoms with Crippen LogP contribution in [0.5, 0.6) is 5.75 Å². The maximum absolute atomic E-state index is 13.0. The molecule has 4 rings (SSSR count). The third-order valence-electron chi connectivity index (χ3n) is 6.16. The van der Waals surface area contributed by atoms with Gasteiger partial charge in [0.2, 0.25) is 0 Å². The van der Waals surface area contributed by atoms with Gasteiger partial charge in [-0.1, -0.05) is 11.6 Å². The SMILES string of the molecule is Cc1cc(O)c(C2CCN(C)C2CO)c2oc(-c3ccc(C(F)(F)F)cc3Cl)cc(=O)c12. The van der Waals surface area contributed by atoms with Crippen molar-refractivity contribution in [2.75, 3.05) is 20.2 Å². The topological polar surface area (TPSA) is 73.9 Å². The molecule has 5 nitrogen and oxygen atoms in total. The summed E-state index contributed by atoms with van der Waals surface area (Å²) in [6.07, 6.45) is -3.93. The number of benzene rings is 2. The van der Waals surface area contributed by atoms with E-state index in [2.05, 4.69) is 0 Å². The zero-order chi connectivity index (χ0) is 23.4. The monoisotopic (exact) mass is 467 g/mol. The predicted octanol–water partition coefficient (Wildman–Crippen LogP) is 4.93. The number of hydrogen-bond acceptors (Lipinski definition) is 5. The van der Waals surface area contributed by atoms with Crippen molar-refractivity contribution in [3.8, 4) is 17.1 Å². The zero-order valence-corrected chi connectivity index (χ0v) is 18.1. The molecule has 170 valence electrons. The Hall–Kier alpha value is -2.55. The summed E-state index contributed by atoms with van der Waals surface area (Å²) in [5.41, 5.74) is -0.123. The van der Waals surface area contributed by atoms with E-state index in [-0.39, 0.29) is 51.6 Å². The summed E-state index contributed by atoms with van der Waals surface area (Å²) in [5, 5.41) is 20.7. The molecule has 1 aliphatic rings. The van der Waals surface area contributed by atoms with Crippen LogP contribution in [0.15, 0.2) is 39.5 Å². The van der Waals surface area contributed by atoms with Gasteiger partial charge in [0, 0.05) is 29.2 Å². The molecule has 1 aliphatic heterocycles. The number of nitrogens with zero attached hydrogens (tertiary/aromatic N) is 1. The molecule has 1 saturated heterocycles. The Bertz CT molecular complexity index is 1250. The fourth-order valence-corrected chi connectivity index (χ4v) is 4.80. The maximum atomic E-state index is 13.0. The number of phenolic OH excluding ortho intramolecular Hbond substituents is 1. The summed E-state index contributed by atoms with van der Waals surface area (Å²) in [7, 11) is 1.86. The summed E-state index contributed by atoms with van der Waals surface area (Å²) in [6.45, 7) is 2.20. The number of likely N-dealkylation sites (N-methyl/N-ethyl adjacent to an activating group) is 1. The van der Waals surface area contributed by atoms with E-state index in [0.29, 0.717) is 24.1 Å². The zero-order valence-electron chi connectivity index (χ0n) is 17.3. The van der Waals surface area contributed by atoms with Crippen LogP contribution in [-0.2, 0) is 6.18 Å². The third-order valence-corrected chi connectivity index (χ3v) is 6.47. The van der Waals surface area contributed by atoms with Gasteiger partial charge in [-0.05, 0) is 56.8 Å². The smallest absolute Gasteiger partial charge is 0.416 e. The van der Waals surface area contributed by atoms with Crippen LogP contribution in [0.1, 0.15) is 29.0 Å². The van der Waals surface area contributed by atoms with Crippen molar-refractivity contribution < 1.29 is 27.8 Å². The lowest BCUT2D eigenvalue weighted by molar-refractivity contribution is -0.137. The Morgan fingerprint density at radius 1 is 1.25 bits per heavy atom. The highest BCUT2D eigenvalue weighted by molar-refractivity contribution is 6.33. The van der Waals surface area contributed by atoms with Crippen LogP contribution in [-0.4, -0.2) is 41.4 Å². The lowest BCUT2D eigenvalue weighted by atomic mass is 9.88.